The van der Waals surface area contributed by atoms with Crippen molar-refractivity contribution in [2.45, 2.75) is 31.5 Å². The van der Waals surface area contributed by atoms with Gasteiger partial charge in [-0.2, -0.15) is 0 Å². The molecule has 1 fully saturated rings. The number of carbonyl (C=O) groups excluding carboxylic acids is 1. The van der Waals surface area contributed by atoms with Crippen molar-refractivity contribution in [1.29, 1.82) is 0 Å². The second kappa shape index (κ2) is 4.97. The Morgan fingerprint density at radius 2 is 1.76 bits per heavy atom. The Labute approximate surface area is 124 Å². The average molecular weight is 281 g/mol. The highest BCUT2D eigenvalue weighted by molar-refractivity contribution is 5.89. The molecule has 108 valence electrons. The van der Waals surface area contributed by atoms with E-state index in [1.807, 2.05) is 62.4 Å². The van der Waals surface area contributed by atoms with Gasteiger partial charge in [-0.25, -0.2) is 0 Å². The number of nitrogens with zero attached hydrogens (tertiary/aromatic N) is 1. The van der Waals surface area contributed by atoms with Gasteiger partial charge in [-0.15, -0.1) is 0 Å². The van der Waals surface area contributed by atoms with Crippen LogP contribution in [0.1, 0.15) is 25.1 Å². The van der Waals surface area contributed by atoms with Crippen LogP contribution in [0.5, 0.6) is 0 Å². The van der Waals surface area contributed by atoms with Crippen LogP contribution in [0.4, 0.5) is 0 Å². The minimum atomic E-state index is -0.645. The quantitative estimate of drug-likeness (QED) is 0.904. The highest BCUT2D eigenvalue weighted by Gasteiger charge is 2.49. The minimum Gasteiger partial charge on any atom is -0.331 e. The Morgan fingerprint density at radius 3 is 2.43 bits per heavy atom. The van der Waals surface area contributed by atoms with Crippen molar-refractivity contribution < 1.29 is 4.79 Å². The van der Waals surface area contributed by atoms with E-state index in [-0.39, 0.29) is 5.91 Å². The second-order valence-electron chi connectivity index (χ2n) is 5.91. The van der Waals surface area contributed by atoms with E-state index in [4.69, 9.17) is 0 Å². The van der Waals surface area contributed by atoms with Gasteiger partial charge in [0.1, 0.15) is 11.2 Å². The molecule has 2 N–H and O–H groups in total. The molecule has 1 aromatic carbocycles. The van der Waals surface area contributed by atoms with Crippen LogP contribution in [-0.4, -0.2) is 16.4 Å². The number of benzene rings is 1. The van der Waals surface area contributed by atoms with Gasteiger partial charge in [0.2, 0.25) is 5.91 Å². The standard InChI is InChI=1S/C17H19N3O/c1-16(12-13-8-4-3-5-9-13)15(21)19-17(2,20-16)14-10-6-7-11-18-14/h3-11,20H,12H2,1-2H3,(H,19,21)/t16-,17-/m0/s1. The first-order valence-corrected chi connectivity index (χ1v) is 7.09. The maximum atomic E-state index is 12.5. The molecule has 1 aliphatic heterocycles. The first kappa shape index (κ1) is 13.8. The number of aromatic nitrogens is 1. The van der Waals surface area contributed by atoms with Gasteiger partial charge < -0.3 is 5.32 Å². The minimum absolute atomic E-state index is 0.000457. The van der Waals surface area contributed by atoms with Crippen LogP contribution < -0.4 is 10.6 Å². The summed E-state index contributed by atoms with van der Waals surface area (Å²) in [5.74, 6) is -0.000457. The zero-order chi connectivity index (χ0) is 14.9. The number of pyridine rings is 1. The first-order valence-electron chi connectivity index (χ1n) is 7.09. The number of hydrogen-bond donors (Lipinski definition) is 2. The van der Waals surface area contributed by atoms with Crippen LogP contribution in [0.2, 0.25) is 0 Å². The van der Waals surface area contributed by atoms with Gasteiger partial charge in [0.15, 0.2) is 0 Å². The lowest BCUT2D eigenvalue weighted by Gasteiger charge is -2.28. The fourth-order valence-corrected chi connectivity index (χ4v) is 2.92. The lowest BCUT2D eigenvalue weighted by molar-refractivity contribution is -0.123. The van der Waals surface area contributed by atoms with E-state index in [1.54, 1.807) is 6.20 Å². The summed E-state index contributed by atoms with van der Waals surface area (Å²) in [4.78, 5) is 16.9. The fraction of sp³-hybridized carbons (Fsp3) is 0.294. The Kier molecular flexibility index (Phi) is 3.26. The summed E-state index contributed by atoms with van der Waals surface area (Å²) in [5, 5.41) is 6.48. The SMILES string of the molecule is C[C@]1(c2ccccn2)NC(=O)[C@](C)(Cc2ccccc2)N1. The summed E-state index contributed by atoms with van der Waals surface area (Å²) >= 11 is 0. The molecule has 1 aromatic heterocycles. The number of rotatable bonds is 3. The van der Waals surface area contributed by atoms with Crippen molar-refractivity contribution in [3.63, 3.8) is 0 Å². The van der Waals surface area contributed by atoms with Crippen molar-refractivity contribution in [3.05, 3.63) is 66.0 Å². The molecule has 2 heterocycles. The molecule has 1 amide bonds. The van der Waals surface area contributed by atoms with Crippen molar-refractivity contribution in [1.82, 2.24) is 15.6 Å². The fourth-order valence-electron chi connectivity index (χ4n) is 2.92. The summed E-state index contributed by atoms with van der Waals surface area (Å²) in [6.07, 6.45) is 2.38. The number of amides is 1. The molecule has 0 radical (unpaired) electrons. The molecule has 0 aliphatic carbocycles. The lowest BCUT2D eigenvalue weighted by atomic mass is 9.92. The first-order chi connectivity index (χ1) is 10.0. The van der Waals surface area contributed by atoms with Gasteiger partial charge >= 0.3 is 0 Å². The van der Waals surface area contributed by atoms with Gasteiger partial charge in [-0.1, -0.05) is 36.4 Å². The van der Waals surface area contributed by atoms with E-state index >= 15 is 0 Å². The third kappa shape index (κ3) is 2.54. The van der Waals surface area contributed by atoms with Gasteiger partial charge in [0.05, 0.1) is 5.69 Å². The number of carbonyl (C=O) groups is 1. The van der Waals surface area contributed by atoms with E-state index in [9.17, 15) is 4.79 Å². The number of hydrogen-bond acceptors (Lipinski definition) is 3. The molecule has 21 heavy (non-hydrogen) atoms. The number of nitrogens with one attached hydrogen (secondary N) is 2. The molecule has 0 spiro atoms. The van der Waals surface area contributed by atoms with Gasteiger partial charge in [0, 0.05) is 6.20 Å². The van der Waals surface area contributed by atoms with E-state index in [2.05, 4.69) is 15.6 Å². The smallest absolute Gasteiger partial charge is 0.242 e. The maximum absolute atomic E-state index is 12.5. The van der Waals surface area contributed by atoms with Crippen LogP contribution in [0.25, 0.3) is 0 Å². The predicted molar refractivity (Wildman–Crippen MR) is 81.4 cm³/mol. The average Bonchev–Trinajstić information content (AvgIpc) is 2.71. The molecule has 0 saturated carbocycles. The molecular weight excluding hydrogens is 262 g/mol. The summed E-state index contributed by atoms with van der Waals surface area (Å²) in [7, 11) is 0. The van der Waals surface area contributed by atoms with Crippen molar-refractivity contribution in [2.24, 2.45) is 0 Å². The molecule has 2 aromatic rings. The summed E-state index contributed by atoms with van der Waals surface area (Å²) < 4.78 is 0. The van der Waals surface area contributed by atoms with Crippen LogP contribution in [0.15, 0.2) is 54.7 Å². The predicted octanol–water partition coefficient (Wildman–Crippen LogP) is 1.98. The normalized spacial score (nSPS) is 28.4. The summed E-state index contributed by atoms with van der Waals surface area (Å²) in [5.41, 5.74) is 0.665. The highest BCUT2D eigenvalue weighted by atomic mass is 16.2. The molecule has 0 unspecified atom stereocenters. The maximum Gasteiger partial charge on any atom is 0.242 e. The van der Waals surface area contributed by atoms with E-state index in [0.29, 0.717) is 6.42 Å². The third-order valence-electron chi connectivity index (χ3n) is 3.97. The Hall–Kier alpha value is -2.20. The van der Waals surface area contributed by atoms with Crippen molar-refractivity contribution in [2.75, 3.05) is 0 Å². The van der Waals surface area contributed by atoms with Crippen molar-refractivity contribution in [3.8, 4) is 0 Å². The molecule has 1 aliphatic rings. The van der Waals surface area contributed by atoms with Gasteiger partial charge in [0.25, 0.3) is 0 Å². The molecule has 1 saturated heterocycles. The van der Waals surface area contributed by atoms with Gasteiger partial charge in [-0.3, -0.25) is 15.1 Å². The Balaban J connectivity index is 1.87. The lowest BCUT2D eigenvalue weighted by Crippen LogP contribution is -2.50. The molecular formula is C17H19N3O. The Morgan fingerprint density at radius 1 is 1.05 bits per heavy atom. The molecule has 3 rings (SSSR count). The summed E-state index contributed by atoms with van der Waals surface area (Å²) in [6.45, 7) is 3.88. The van der Waals surface area contributed by atoms with E-state index < -0.39 is 11.2 Å². The monoisotopic (exact) mass is 281 g/mol. The third-order valence-corrected chi connectivity index (χ3v) is 3.97. The van der Waals surface area contributed by atoms with E-state index in [1.165, 1.54) is 0 Å². The molecule has 0 bridgehead atoms. The molecule has 2 atom stereocenters. The topological polar surface area (TPSA) is 54.0 Å². The van der Waals surface area contributed by atoms with Crippen LogP contribution >= 0.6 is 0 Å². The second-order valence-corrected chi connectivity index (χ2v) is 5.91. The zero-order valence-corrected chi connectivity index (χ0v) is 12.3. The van der Waals surface area contributed by atoms with Crippen LogP contribution in [-0.2, 0) is 16.9 Å². The Bertz CT molecular complexity index is 644. The van der Waals surface area contributed by atoms with Gasteiger partial charge in [-0.05, 0) is 38.0 Å². The van der Waals surface area contributed by atoms with Crippen LogP contribution in [0, 0.1) is 0 Å². The molecule has 4 nitrogen and oxygen atoms in total. The summed E-state index contributed by atoms with van der Waals surface area (Å²) in [6, 6.07) is 15.7. The molecule has 4 heteroatoms. The highest BCUT2D eigenvalue weighted by Crippen LogP contribution is 2.28. The largest absolute Gasteiger partial charge is 0.331 e. The van der Waals surface area contributed by atoms with Crippen molar-refractivity contribution >= 4 is 5.91 Å². The van der Waals surface area contributed by atoms with E-state index in [0.717, 1.165) is 11.3 Å². The zero-order valence-electron chi connectivity index (χ0n) is 12.3. The van der Waals surface area contributed by atoms with Crippen LogP contribution in [0.3, 0.4) is 0 Å².